The predicted molar refractivity (Wildman–Crippen MR) is 71.7 cm³/mol. The maximum absolute atomic E-state index is 10.4. The first-order valence-corrected chi connectivity index (χ1v) is 7.16. The van der Waals surface area contributed by atoms with Crippen molar-refractivity contribution < 1.29 is 5.11 Å². The minimum atomic E-state index is -0.568. The number of aliphatic hydroxyl groups excluding tert-OH is 1. The van der Waals surface area contributed by atoms with Gasteiger partial charge in [0.15, 0.2) is 0 Å². The molecule has 0 bridgehead atoms. The largest absolute Gasteiger partial charge is 0.381 e. The summed E-state index contributed by atoms with van der Waals surface area (Å²) in [6.45, 7) is 2.80. The number of hydrogen-bond acceptors (Lipinski definition) is 4. The van der Waals surface area contributed by atoms with Gasteiger partial charge < -0.3 is 5.11 Å². The van der Waals surface area contributed by atoms with Crippen LogP contribution in [0.1, 0.15) is 23.6 Å². The van der Waals surface area contributed by atoms with Crippen molar-refractivity contribution in [3.63, 3.8) is 0 Å². The van der Waals surface area contributed by atoms with Crippen molar-refractivity contribution in [1.29, 1.82) is 0 Å². The van der Waals surface area contributed by atoms with E-state index in [1.54, 1.807) is 28.9 Å². The monoisotopic (exact) mass is 264 g/mol. The first-order chi connectivity index (χ1) is 8.29. The molecular formula is C12H12N2OS2. The molecule has 3 heterocycles. The van der Waals surface area contributed by atoms with Crippen molar-refractivity contribution in [2.24, 2.45) is 0 Å². The van der Waals surface area contributed by atoms with Gasteiger partial charge in [0.25, 0.3) is 0 Å². The molecule has 3 aromatic rings. The molecule has 0 fully saturated rings. The molecule has 1 N–H and O–H groups in total. The molecule has 0 aliphatic rings. The maximum Gasteiger partial charge on any atom is 0.130 e. The number of hydrogen-bond donors (Lipinski definition) is 1. The molecule has 88 valence electrons. The van der Waals surface area contributed by atoms with Gasteiger partial charge in [-0.3, -0.25) is 4.68 Å². The van der Waals surface area contributed by atoms with Gasteiger partial charge in [0.1, 0.15) is 6.10 Å². The molecule has 0 radical (unpaired) electrons. The number of aryl methyl sites for hydroxylation is 1. The summed E-state index contributed by atoms with van der Waals surface area (Å²) in [6.07, 6.45) is 1.17. The third kappa shape index (κ3) is 1.80. The van der Waals surface area contributed by atoms with Crippen LogP contribution in [0.4, 0.5) is 0 Å². The normalized spacial score (nSPS) is 13.3. The number of fused-ring (bicyclic) bond motifs is 1. The van der Waals surface area contributed by atoms with Crippen LogP contribution in [0, 0.1) is 0 Å². The van der Waals surface area contributed by atoms with Crippen LogP contribution in [0.5, 0.6) is 0 Å². The SMILES string of the molecule is CCn1nccc1C(O)c1cc2sccc2s1. The van der Waals surface area contributed by atoms with Gasteiger partial charge in [-0.25, -0.2) is 0 Å². The van der Waals surface area contributed by atoms with Gasteiger partial charge in [0.05, 0.1) is 5.69 Å². The summed E-state index contributed by atoms with van der Waals surface area (Å²) in [6, 6.07) is 6.04. The van der Waals surface area contributed by atoms with Gasteiger partial charge in [-0.05, 0) is 30.5 Å². The molecule has 1 atom stereocenters. The Morgan fingerprint density at radius 2 is 2.29 bits per heavy atom. The van der Waals surface area contributed by atoms with Crippen LogP contribution < -0.4 is 0 Å². The molecule has 5 heteroatoms. The second-order valence-corrected chi connectivity index (χ2v) is 5.84. The minimum Gasteiger partial charge on any atom is -0.381 e. The Hall–Kier alpha value is -1.17. The summed E-state index contributed by atoms with van der Waals surface area (Å²) < 4.78 is 4.32. The first-order valence-electron chi connectivity index (χ1n) is 5.46. The zero-order valence-electron chi connectivity index (χ0n) is 9.33. The summed E-state index contributed by atoms with van der Waals surface area (Å²) in [7, 11) is 0. The topological polar surface area (TPSA) is 38.0 Å². The highest BCUT2D eigenvalue weighted by atomic mass is 32.1. The van der Waals surface area contributed by atoms with Crippen LogP contribution in [-0.4, -0.2) is 14.9 Å². The summed E-state index contributed by atoms with van der Waals surface area (Å²) in [5.74, 6) is 0. The first kappa shape index (κ1) is 11.0. The summed E-state index contributed by atoms with van der Waals surface area (Å²) >= 11 is 3.36. The van der Waals surface area contributed by atoms with E-state index in [-0.39, 0.29) is 0 Å². The van der Waals surface area contributed by atoms with Gasteiger partial charge >= 0.3 is 0 Å². The Balaban J connectivity index is 2.01. The molecule has 17 heavy (non-hydrogen) atoms. The lowest BCUT2D eigenvalue weighted by Crippen LogP contribution is -2.07. The number of aliphatic hydroxyl groups is 1. The predicted octanol–water partition coefficient (Wildman–Crippen LogP) is 3.26. The van der Waals surface area contributed by atoms with Crippen LogP contribution in [-0.2, 0) is 6.54 Å². The van der Waals surface area contributed by atoms with E-state index in [0.717, 1.165) is 17.1 Å². The van der Waals surface area contributed by atoms with E-state index in [4.69, 9.17) is 0 Å². The molecule has 0 saturated carbocycles. The molecule has 0 aromatic carbocycles. The van der Waals surface area contributed by atoms with Crippen LogP contribution in [0.3, 0.4) is 0 Å². The lowest BCUT2D eigenvalue weighted by molar-refractivity contribution is 0.212. The number of thiophene rings is 2. The molecule has 3 nitrogen and oxygen atoms in total. The molecular weight excluding hydrogens is 252 g/mol. The second-order valence-electron chi connectivity index (χ2n) is 3.77. The third-order valence-corrected chi connectivity index (χ3v) is 4.90. The van der Waals surface area contributed by atoms with Gasteiger partial charge in [0, 0.05) is 27.0 Å². The smallest absolute Gasteiger partial charge is 0.130 e. The van der Waals surface area contributed by atoms with Crippen LogP contribution in [0.2, 0.25) is 0 Å². The Morgan fingerprint density at radius 3 is 3.06 bits per heavy atom. The fraction of sp³-hybridized carbons (Fsp3) is 0.250. The van der Waals surface area contributed by atoms with Crippen molar-refractivity contribution in [2.75, 3.05) is 0 Å². The molecule has 3 rings (SSSR count). The van der Waals surface area contributed by atoms with E-state index in [0.29, 0.717) is 0 Å². The van der Waals surface area contributed by atoms with Crippen molar-refractivity contribution in [1.82, 2.24) is 9.78 Å². The van der Waals surface area contributed by atoms with E-state index < -0.39 is 6.10 Å². The van der Waals surface area contributed by atoms with Crippen molar-refractivity contribution in [2.45, 2.75) is 19.6 Å². The number of rotatable bonds is 3. The van der Waals surface area contributed by atoms with Gasteiger partial charge in [0.2, 0.25) is 0 Å². The highest BCUT2D eigenvalue weighted by molar-refractivity contribution is 7.26. The Labute approximate surface area is 107 Å². The zero-order valence-corrected chi connectivity index (χ0v) is 11.0. The van der Waals surface area contributed by atoms with E-state index in [1.807, 2.05) is 17.7 Å². The Kier molecular flexibility index (Phi) is 2.74. The van der Waals surface area contributed by atoms with Gasteiger partial charge in [-0.15, -0.1) is 22.7 Å². The lowest BCUT2D eigenvalue weighted by atomic mass is 10.2. The fourth-order valence-electron chi connectivity index (χ4n) is 1.90. The zero-order chi connectivity index (χ0) is 11.8. The summed E-state index contributed by atoms with van der Waals surface area (Å²) in [4.78, 5) is 0.988. The highest BCUT2D eigenvalue weighted by Crippen LogP contribution is 2.35. The summed E-state index contributed by atoms with van der Waals surface area (Å²) in [5, 5.41) is 16.6. The lowest BCUT2D eigenvalue weighted by Gasteiger charge is -2.10. The maximum atomic E-state index is 10.4. The average Bonchev–Trinajstić information content (AvgIpc) is 3.02. The number of nitrogens with zero attached hydrogens (tertiary/aromatic N) is 2. The van der Waals surface area contributed by atoms with E-state index in [2.05, 4.69) is 22.6 Å². The quantitative estimate of drug-likeness (QED) is 0.788. The molecule has 3 aromatic heterocycles. The van der Waals surface area contributed by atoms with Crippen LogP contribution in [0.25, 0.3) is 9.40 Å². The van der Waals surface area contributed by atoms with Crippen molar-refractivity contribution >= 4 is 32.1 Å². The molecule has 0 spiro atoms. The average molecular weight is 264 g/mol. The molecule has 0 amide bonds. The molecule has 0 aliphatic heterocycles. The van der Waals surface area contributed by atoms with Crippen molar-refractivity contribution in [3.05, 3.63) is 40.3 Å². The fourth-order valence-corrected chi connectivity index (χ4v) is 4.02. The second kappa shape index (κ2) is 4.25. The van der Waals surface area contributed by atoms with Crippen LogP contribution in [0.15, 0.2) is 29.8 Å². The van der Waals surface area contributed by atoms with E-state index in [1.165, 1.54) is 9.40 Å². The van der Waals surface area contributed by atoms with E-state index >= 15 is 0 Å². The standard InChI is InChI=1S/C12H12N2OS2/c1-2-14-8(3-5-13-14)12(15)11-7-10-9(17-11)4-6-16-10/h3-7,12,15H,2H2,1H3. The Bertz CT molecular complexity index is 609. The van der Waals surface area contributed by atoms with Gasteiger partial charge in [-0.2, -0.15) is 5.10 Å². The molecule has 1 unspecified atom stereocenters. The van der Waals surface area contributed by atoms with Crippen molar-refractivity contribution in [3.8, 4) is 0 Å². The highest BCUT2D eigenvalue weighted by Gasteiger charge is 2.17. The Morgan fingerprint density at radius 1 is 1.41 bits per heavy atom. The summed E-state index contributed by atoms with van der Waals surface area (Å²) in [5.41, 5.74) is 0.862. The van der Waals surface area contributed by atoms with E-state index in [9.17, 15) is 5.11 Å². The van der Waals surface area contributed by atoms with Gasteiger partial charge in [-0.1, -0.05) is 0 Å². The third-order valence-electron chi connectivity index (χ3n) is 2.76. The minimum absolute atomic E-state index is 0.568. The molecule has 0 saturated heterocycles. The number of aromatic nitrogens is 2. The molecule has 0 aliphatic carbocycles. The van der Waals surface area contributed by atoms with Crippen LogP contribution >= 0.6 is 22.7 Å².